The van der Waals surface area contributed by atoms with Gasteiger partial charge in [-0.2, -0.15) is 5.26 Å². The van der Waals surface area contributed by atoms with Crippen LogP contribution in [-0.2, 0) is 4.79 Å². The summed E-state index contributed by atoms with van der Waals surface area (Å²) in [6.07, 6.45) is 1.47. The van der Waals surface area contributed by atoms with E-state index in [4.69, 9.17) is 14.2 Å². The van der Waals surface area contributed by atoms with Crippen molar-refractivity contribution in [3.8, 4) is 23.3 Å². The smallest absolute Gasteiger partial charge is 0.257 e. The molecule has 0 atom stereocenters. The standard InChI is InChI=1S/C22H22N2O5/c1-4-24-21(25)14-29-19-9-8-15(11-20(19)28-3)10-17(13-23)22(26)16-6-5-7-18(12-16)27-2/h5-12H,4,14H2,1-3H3,(H,24,25)/b17-10-. The lowest BCUT2D eigenvalue weighted by molar-refractivity contribution is -0.123. The van der Waals surface area contributed by atoms with Gasteiger partial charge >= 0.3 is 0 Å². The third-order valence-electron chi connectivity index (χ3n) is 3.93. The summed E-state index contributed by atoms with van der Waals surface area (Å²) in [5, 5.41) is 12.1. The predicted octanol–water partition coefficient (Wildman–Crippen LogP) is 3.01. The molecule has 7 heteroatoms. The third kappa shape index (κ3) is 5.84. The lowest BCUT2D eigenvalue weighted by Crippen LogP contribution is -2.28. The van der Waals surface area contributed by atoms with E-state index in [9.17, 15) is 14.9 Å². The minimum Gasteiger partial charge on any atom is -0.497 e. The van der Waals surface area contributed by atoms with E-state index in [1.807, 2.05) is 13.0 Å². The summed E-state index contributed by atoms with van der Waals surface area (Å²) in [4.78, 5) is 24.2. The van der Waals surface area contributed by atoms with Crippen LogP contribution in [-0.4, -0.2) is 39.1 Å². The molecule has 2 aromatic carbocycles. The van der Waals surface area contributed by atoms with E-state index in [-0.39, 0.29) is 18.1 Å². The number of nitrogens with zero attached hydrogens (tertiary/aromatic N) is 1. The number of rotatable bonds is 9. The van der Waals surface area contributed by atoms with Crippen molar-refractivity contribution in [2.75, 3.05) is 27.4 Å². The Hall–Kier alpha value is -3.79. The van der Waals surface area contributed by atoms with Crippen molar-refractivity contribution in [2.45, 2.75) is 6.92 Å². The number of nitriles is 1. The molecule has 0 spiro atoms. The van der Waals surface area contributed by atoms with Crippen LogP contribution in [0, 0.1) is 11.3 Å². The first-order valence-electron chi connectivity index (χ1n) is 8.90. The Balaban J connectivity index is 2.25. The van der Waals surface area contributed by atoms with Crippen LogP contribution in [0.1, 0.15) is 22.8 Å². The van der Waals surface area contributed by atoms with E-state index in [2.05, 4.69) is 5.32 Å². The fourth-order valence-corrected chi connectivity index (χ4v) is 2.52. The fourth-order valence-electron chi connectivity index (χ4n) is 2.52. The molecule has 0 saturated heterocycles. The number of ether oxygens (including phenoxy) is 3. The van der Waals surface area contributed by atoms with Crippen molar-refractivity contribution >= 4 is 17.8 Å². The lowest BCUT2D eigenvalue weighted by Gasteiger charge is -2.11. The van der Waals surface area contributed by atoms with Gasteiger partial charge in [0.05, 0.1) is 14.2 Å². The van der Waals surface area contributed by atoms with E-state index >= 15 is 0 Å². The Labute approximate surface area is 169 Å². The first-order valence-corrected chi connectivity index (χ1v) is 8.90. The number of benzene rings is 2. The van der Waals surface area contributed by atoms with Gasteiger partial charge < -0.3 is 19.5 Å². The Bertz CT molecular complexity index is 960. The predicted molar refractivity (Wildman–Crippen MR) is 108 cm³/mol. The second-order valence-corrected chi connectivity index (χ2v) is 5.88. The maximum atomic E-state index is 12.7. The average molecular weight is 394 g/mol. The Morgan fingerprint density at radius 1 is 1.10 bits per heavy atom. The van der Waals surface area contributed by atoms with Crippen LogP contribution in [0.5, 0.6) is 17.2 Å². The molecule has 0 aromatic heterocycles. The molecule has 0 radical (unpaired) electrons. The molecule has 29 heavy (non-hydrogen) atoms. The van der Waals surface area contributed by atoms with Gasteiger partial charge in [-0.3, -0.25) is 9.59 Å². The molecule has 0 aliphatic rings. The largest absolute Gasteiger partial charge is 0.497 e. The minimum absolute atomic E-state index is 0.0312. The molecule has 0 saturated carbocycles. The highest BCUT2D eigenvalue weighted by atomic mass is 16.5. The Kier molecular flexibility index (Phi) is 7.80. The van der Waals surface area contributed by atoms with Gasteiger partial charge in [-0.15, -0.1) is 0 Å². The molecule has 1 amide bonds. The van der Waals surface area contributed by atoms with E-state index in [1.165, 1.54) is 20.3 Å². The molecule has 7 nitrogen and oxygen atoms in total. The van der Waals surface area contributed by atoms with Crippen LogP contribution < -0.4 is 19.5 Å². The Morgan fingerprint density at radius 3 is 2.55 bits per heavy atom. The summed E-state index contributed by atoms with van der Waals surface area (Å²) in [7, 11) is 2.97. The van der Waals surface area contributed by atoms with Gasteiger partial charge in [0.2, 0.25) is 5.78 Å². The summed E-state index contributed by atoms with van der Waals surface area (Å²) in [5.41, 5.74) is 0.905. The van der Waals surface area contributed by atoms with Gasteiger partial charge in [-0.05, 0) is 42.8 Å². The van der Waals surface area contributed by atoms with Gasteiger partial charge in [0.15, 0.2) is 18.1 Å². The number of carbonyl (C=O) groups is 2. The highest BCUT2D eigenvalue weighted by Gasteiger charge is 2.14. The molecule has 0 heterocycles. The molecular weight excluding hydrogens is 372 g/mol. The second kappa shape index (κ2) is 10.5. The molecule has 0 fully saturated rings. The SMILES string of the molecule is CCNC(=O)COc1ccc(/C=C(/C#N)C(=O)c2cccc(OC)c2)cc1OC. The number of allylic oxidation sites excluding steroid dienone is 1. The van der Waals surface area contributed by atoms with E-state index in [1.54, 1.807) is 42.5 Å². The first kappa shape index (κ1) is 21.5. The zero-order chi connectivity index (χ0) is 21.2. The van der Waals surface area contributed by atoms with Crippen molar-refractivity contribution in [3.05, 3.63) is 59.2 Å². The van der Waals surface area contributed by atoms with Crippen molar-refractivity contribution in [1.82, 2.24) is 5.32 Å². The van der Waals surface area contributed by atoms with E-state index in [0.29, 0.717) is 34.9 Å². The molecule has 0 bridgehead atoms. The zero-order valence-corrected chi connectivity index (χ0v) is 16.5. The second-order valence-electron chi connectivity index (χ2n) is 5.88. The Morgan fingerprint density at radius 2 is 1.90 bits per heavy atom. The molecule has 0 aliphatic heterocycles. The van der Waals surface area contributed by atoms with E-state index in [0.717, 1.165) is 0 Å². The highest BCUT2D eigenvalue weighted by molar-refractivity contribution is 6.14. The summed E-state index contributed by atoms with van der Waals surface area (Å²) >= 11 is 0. The van der Waals surface area contributed by atoms with Gasteiger partial charge in [-0.1, -0.05) is 18.2 Å². The maximum Gasteiger partial charge on any atom is 0.257 e. The number of nitrogens with one attached hydrogen (secondary N) is 1. The summed E-state index contributed by atoms with van der Waals surface area (Å²) in [5.74, 6) is 0.641. The van der Waals surface area contributed by atoms with Gasteiger partial charge in [0, 0.05) is 12.1 Å². The molecule has 2 aromatic rings. The number of hydrogen-bond acceptors (Lipinski definition) is 6. The molecular formula is C22H22N2O5. The third-order valence-corrected chi connectivity index (χ3v) is 3.93. The molecule has 1 N–H and O–H groups in total. The van der Waals surface area contributed by atoms with Gasteiger partial charge in [0.25, 0.3) is 5.91 Å². The quantitative estimate of drug-likeness (QED) is 0.399. The maximum absolute atomic E-state index is 12.7. The average Bonchev–Trinajstić information content (AvgIpc) is 2.76. The lowest BCUT2D eigenvalue weighted by atomic mass is 10.0. The van der Waals surface area contributed by atoms with Crippen LogP contribution in [0.4, 0.5) is 0 Å². The molecule has 0 aliphatic carbocycles. The summed E-state index contributed by atoms with van der Waals surface area (Å²) in [6.45, 7) is 2.19. The van der Waals surface area contributed by atoms with E-state index < -0.39 is 5.78 Å². The normalized spacial score (nSPS) is 10.6. The van der Waals surface area contributed by atoms with Crippen LogP contribution in [0.25, 0.3) is 6.08 Å². The van der Waals surface area contributed by atoms with Gasteiger partial charge in [0.1, 0.15) is 17.4 Å². The van der Waals surface area contributed by atoms with Crippen molar-refractivity contribution in [3.63, 3.8) is 0 Å². The summed E-state index contributed by atoms with van der Waals surface area (Å²) in [6, 6.07) is 13.5. The number of Topliss-reactive ketones (excluding diaryl/α,β-unsaturated/α-hetero) is 1. The topological polar surface area (TPSA) is 97.7 Å². The van der Waals surface area contributed by atoms with Crippen LogP contribution >= 0.6 is 0 Å². The number of carbonyl (C=O) groups excluding carboxylic acids is 2. The van der Waals surface area contributed by atoms with Crippen LogP contribution in [0.3, 0.4) is 0 Å². The van der Waals surface area contributed by atoms with Crippen molar-refractivity contribution in [1.29, 1.82) is 5.26 Å². The number of ketones is 1. The number of likely N-dealkylation sites (N-methyl/N-ethyl adjacent to an activating group) is 1. The fraction of sp³-hybridized carbons (Fsp3) is 0.227. The molecule has 0 unspecified atom stereocenters. The highest BCUT2D eigenvalue weighted by Crippen LogP contribution is 2.29. The number of amides is 1. The molecule has 150 valence electrons. The number of hydrogen-bond donors (Lipinski definition) is 1. The number of methoxy groups -OCH3 is 2. The zero-order valence-electron chi connectivity index (χ0n) is 16.5. The van der Waals surface area contributed by atoms with Crippen LogP contribution in [0.15, 0.2) is 48.0 Å². The van der Waals surface area contributed by atoms with Crippen molar-refractivity contribution in [2.24, 2.45) is 0 Å². The monoisotopic (exact) mass is 394 g/mol. The van der Waals surface area contributed by atoms with Crippen molar-refractivity contribution < 1.29 is 23.8 Å². The van der Waals surface area contributed by atoms with Crippen LogP contribution in [0.2, 0.25) is 0 Å². The molecule has 2 rings (SSSR count). The first-order chi connectivity index (χ1) is 14.0. The summed E-state index contributed by atoms with van der Waals surface area (Å²) < 4.78 is 15.9. The minimum atomic E-state index is -0.415. The van der Waals surface area contributed by atoms with Gasteiger partial charge in [-0.25, -0.2) is 0 Å².